The topological polar surface area (TPSA) is 40.6 Å². The lowest BCUT2D eigenvalue weighted by Crippen LogP contribution is -2.45. The van der Waals surface area contributed by atoms with Crippen LogP contribution < -0.4 is 0 Å². The number of carbonyl (C=O) groups is 2. The Morgan fingerprint density at radius 2 is 1.50 bits per heavy atom. The smallest absolute Gasteiger partial charge is 0.238 e. The Morgan fingerprint density at radius 1 is 0.923 bits per heavy atom. The van der Waals surface area contributed by atoms with Gasteiger partial charge in [-0.2, -0.15) is 0 Å². The molecule has 0 bridgehead atoms. The molecule has 2 aliphatic heterocycles. The molecule has 0 aromatic heterocycles. The Hall–Kier alpha value is -2.46. The van der Waals surface area contributed by atoms with Crippen molar-refractivity contribution in [3.63, 3.8) is 0 Å². The van der Waals surface area contributed by atoms with Crippen molar-refractivity contribution in [2.24, 2.45) is 5.41 Å². The number of amides is 2. The lowest BCUT2D eigenvalue weighted by atomic mass is 9.67. The van der Waals surface area contributed by atoms with Crippen LogP contribution in [0.5, 0.6) is 0 Å². The van der Waals surface area contributed by atoms with Gasteiger partial charge < -0.3 is 4.90 Å². The Labute approximate surface area is 154 Å². The molecule has 4 rings (SSSR count). The molecule has 26 heavy (non-hydrogen) atoms. The van der Waals surface area contributed by atoms with Crippen molar-refractivity contribution in [3.8, 4) is 0 Å². The van der Waals surface area contributed by atoms with E-state index in [9.17, 15) is 9.59 Å². The minimum atomic E-state index is -0.597. The third kappa shape index (κ3) is 2.74. The van der Waals surface area contributed by atoms with Gasteiger partial charge in [-0.05, 0) is 44.1 Å². The maximum atomic E-state index is 13.5. The van der Waals surface area contributed by atoms with Crippen molar-refractivity contribution in [1.82, 2.24) is 9.80 Å². The van der Waals surface area contributed by atoms with Gasteiger partial charge in [-0.25, -0.2) is 0 Å². The first-order valence-corrected chi connectivity index (χ1v) is 9.25. The molecule has 0 saturated carbocycles. The zero-order valence-electron chi connectivity index (χ0n) is 15.1. The van der Waals surface area contributed by atoms with Crippen molar-refractivity contribution in [3.05, 3.63) is 71.8 Å². The van der Waals surface area contributed by atoms with E-state index in [0.29, 0.717) is 6.54 Å². The van der Waals surface area contributed by atoms with Crippen LogP contribution in [0.4, 0.5) is 0 Å². The molecule has 2 aromatic rings. The second-order valence-corrected chi connectivity index (χ2v) is 7.52. The molecule has 2 heterocycles. The van der Waals surface area contributed by atoms with Gasteiger partial charge in [0, 0.05) is 0 Å². The molecular weight excluding hydrogens is 324 g/mol. The Kier molecular flexibility index (Phi) is 4.37. The maximum absolute atomic E-state index is 13.5. The van der Waals surface area contributed by atoms with Crippen molar-refractivity contribution in [2.45, 2.75) is 25.3 Å². The van der Waals surface area contributed by atoms with Crippen LogP contribution in [0, 0.1) is 5.41 Å². The van der Waals surface area contributed by atoms with E-state index < -0.39 is 5.41 Å². The zero-order valence-corrected chi connectivity index (χ0v) is 15.1. The maximum Gasteiger partial charge on any atom is 0.238 e. The third-order valence-corrected chi connectivity index (χ3v) is 5.93. The van der Waals surface area contributed by atoms with Crippen molar-refractivity contribution in [2.75, 3.05) is 20.1 Å². The number of hydrogen-bond donors (Lipinski definition) is 0. The van der Waals surface area contributed by atoms with Gasteiger partial charge in [0.15, 0.2) is 0 Å². The fourth-order valence-electron chi connectivity index (χ4n) is 4.43. The van der Waals surface area contributed by atoms with Crippen molar-refractivity contribution >= 4 is 11.8 Å². The number of carbonyl (C=O) groups excluding carboxylic acids is 2. The van der Waals surface area contributed by atoms with Gasteiger partial charge in [-0.1, -0.05) is 60.7 Å². The van der Waals surface area contributed by atoms with Crippen LogP contribution in [0.15, 0.2) is 60.7 Å². The number of likely N-dealkylation sites (tertiary alicyclic amines) is 2. The lowest BCUT2D eigenvalue weighted by Gasteiger charge is -2.39. The van der Waals surface area contributed by atoms with E-state index in [1.165, 1.54) is 4.90 Å². The summed E-state index contributed by atoms with van der Waals surface area (Å²) < 4.78 is 0. The van der Waals surface area contributed by atoms with Gasteiger partial charge in [0.1, 0.15) is 0 Å². The summed E-state index contributed by atoms with van der Waals surface area (Å²) in [4.78, 5) is 30.6. The van der Waals surface area contributed by atoms with E-state index in [1.54, 1.807) is 0 Å². The second kappa shape index (κ2) is 6.69. The molecule has 4 nitrogen and oxygen atoms in total. The molecule has 1 spiro atoms. The predicted molar refractivity (Wildman–Crippen MR) is 100 cm³/mol. The van der Waals surface area contributed by atoms with Crippen LogP contribution in [0.25, 0.3) is 0 Å². The van der Waals surface area contributed by atoms with E-state index in [2.05, 4.69) is 11.9 Å². The first-order chi connectivity index (χ1) is 12.6. The summed E-state index contributed by atoms with van der Waals surface area (Å²) in [5.41, 5.74) is 1.36. The highest BCUT2D eigenvalue weighted by molar-refractivity contribution is 6.10. The highest BCUT2D eigenvalue weighted by Crippen LogP contribution is 2.51. The molecule has 1 unspecified atom stereocenters. The molecule has 0 aliphatic carbocycles. The minimum Gasteiger partial charge on any atom is -0.306 e. The molecule has 2 aliphatic rings. The molecule has 134 valence electrons. The molecule has 2 saturated heterocycles. The van der Waals surface area contributed by atoms with Gasteiger partial charge in [0.25, 0.3) is 0 Å². The number of imide groups is 1. The Balaban J connectivity index is 1.73. The van der Waals surface area contributed by atoms with Crippen LogP contribution in [0.3, 0.4) is 0 Å². The first kappa shape index (κ1) is 17.0. The van der Waals surface area contributed by atoms with Crippen LogP contribution in [-0.4, -0.2) is 41.8 Å². The van der Waals surface area contributed by atoms with Crippen molar-refractivity contribution < 1.29 is 9.59 Å². The van der Waals surface area contributed by atoms with Gasteiger partial charge >= 0.3 is 0 Å². The van der Waals surface area contributed by atoms with Crippen LogP contribution >= 0.6 is 0 Å². The third-order valence-electron chi connectivity index (χ3n) is 5.93. The first-order valence-electron chi connectivity index (χ1n) is 9.25. The summed E-state index contributed by atoms with van der Waals surface area (Å²) in [6.07, 6.45) is 1.47. The standard InChI is InChI=1S/C22H24N2O2/c1-23-14-12-22(13-15-23)19(18-10-6-3-7-11-18)20(25)24(21(22)26)16-17-8-4-2-5-9-17/h2-11,19H,12-16H2,1H3. The van der Waals surface area contributed by atoms with E-state index in [4.69, 9.17) is 0 Å². The number of nitrogens with zero attached hydrogens (tertiary/aromatic N) is 2. The minimum absolute atomic E-state index is 0.00769. The predicted octanol–water partition coefficient (Wildman–Crippen LogP) is 3.05. The summed E-state index contributed by atoms with van der Waals surface area (Å²) in [6, 6.07) is 19.6. The number of piperidine rings is 1. The zero-order chi connectivity index (χ0) is 18.1. The van der Waals surface area contributed by atoms with Gasteiger partial charge in [-0.3, -0.25) is 14.5 Å². The van der Waals surface area contributed by atoms with Gasteiger partial charge in [-0.15, -0.1) is 0 Å². The summed E-state index contributed by atoms with van der Waals surface area (Å²) in [5.74, 6) is -0.406. The molecule has 0 radical (unpaired) electrons. The molecule has 2 fully saturated rings. The number of rotatable bonds is 3. The van der Waals surface area contributed by atoms with Crippen LogP contribution in [0.2, 0.25) is 0 Å². The van der Waals surface area contributed by atoms with E-state index in [1.807, 2.05) is 60.7 Å². The van der Waals surface area contributed by atoms with Crippen LogP contribution in [0.1, 0.15) is 29.9 Å². The Morgan fingerprint density at radius 3 is 2.12 bits per heavy atom. The molecular formula is C22H24N2O2. The molecule has 2 amide bonds. The highest BCUT2D eigenvalue weighted by Gasteiger charge is 2.59. The summed E-state index contributed by atoms with van der Waals surface area (Å²) in [5, 5.41) is 0. The van der Waals surface area contributed by atoms with E-state index in [0.717, 1.165) is 37.1 Å². The molecule has 2 aromatic carbocycles. The molecule has 1 atom stereocenters. The largest absolute Gasteiger partial charge is 0.306 e. The summed E-state index contributed by atoms with van der Waals surface area (Å²) >= 11 is 0. The second-order valence-electron chi connectivity index (χ2n) is 7.52. The summed E-state index contributed by atoms with van der Waals surface area (Å²) in [6.45, 7) is 2.06. The normalized spacial score (nSPS) is 23.0. The fraction of sp³-hybridized carbons (Fsp3) is 0.364. The quantitative estimate of drug-likeness (QED) is 0.801. The number of hydrogen-bond acceptors (Lipinski definition) is 3. The average Bonchev–Trinajstić information content (AvgIpc) is 2.87. The Bertz CT molecular complexity index is 795. The van der Waals surface area contributed by atoms with Crippen molar-refractivity contribution in [1.29, 1.82) is 0 Å². The van der Waals surface area contributed by atoms with E-state index >= 15 is 0 Å². The lowest BCUT2D eigenvalue weighted by molar-refractivity contribution is -0.143. The van der Waals surface area contributed by atoms with Gasteiger partial charge in [0.2, 0.25) is 11.8 Å². The monoisotopic (exact) mass is 348 g/mol. The average molecular weight is 348 g/mol. The van der Waals surface area contributed by atoms with Gasteiger partial charge in [0.05, 0.1) is 17.9 Å². The number of benzene rings is 2. The highest BCUT2D eigenvalue weighted by atomic mass is 16.2. The molecule has 4 heteroatoms. The molecule has 0 N–H and O–H groups in total. The van der Waals surface area contributed by atoms with Crippen LogP contribution in [-0.2, 0) is 16.1 Å². The van der Waals surface area contributed by atoms with E-state index in [-0.39, 0.29) is 17.7 Å². The SMILES string of the molecule is CN1CCC2(CC1)C(=O)N(Cc1ccccc1)C(=O)C2c1ccccc1. The summed E-state index contributed by atoms with van der Waals surface area (Å²) in [7, 11) is 2.08. The fourth-order valence-corrected chi connectivity index (χ4v) is 4.43.